The van der Waals surface area contributed by atoms with Crippen LogP contribution in [0.3, 0.4) is 0 Å². The van der Waals surface area contributed by atoms with Gasteiger partial charge in [0.2, 0.25) is 5.91 Å². The molecule has 0 bridgehead atoms. The highest BCUT2D eigenvalue weighted by Crippen LogP contribution is 2.38. The summed E-state index contributed by atoms with van der Waals surface area (Å²) in [6.07, 6.45) is 4.09. The van der Waals surface area contributed by atoms with Gasteiger partial charge in [0.1, 0.15) is 0 Å². The van der Waals surface area contributed by atoms with E-state index in [1.807, 2.05) is 49.6 Å². The zero-order valence-corrected chi connectivity index (χ0v) is 15.7. The Kier molecular flexibility index (Phi) is 4.36. The number of amides is 1. The van der Waals surface area contributed by atoms with Crippen molar-refractivity contribution in [2.45, 2.75) is 19.3 Å². The standard InChI is InChI=1S/C22H22N4O/c1-14-5-4-6-15(9-14)22-23-12-16(13-24-22)19-11-21(27)25-20-10-17(26(2)3)7-8-18(19)20/h4-10,12-13,19H,11H2,1-3H3,(H,25,27). The highest BCUT2D eigenvalue weighted by molar-refractivity contribution is 5.96. The number of benzene rings is 2. The molecule has 27 heavy (non-hydrogen) atoms. The first-order chi connectivity index (χ1) is 13.0. The Morgan fingerprint density at radius 1 is 1.07 bits per heavy atom. The average molecular weight is 358 g/mol. The summed E-state index contributed by atoms with van der Waals surface area (Å²) in [5.41, 5.74) is 6.16. The number of hydrogen-bond acceptors (Lipinski definition) is 4. The first-order valence-electron chi connectivity index (χ1n) is 9.01. The lowest BCUT2D eigenvalue weighted by atomic mass is 9.86. The van der Waals surface area contributed by atoms with E-state index >= 15 is 0 Å². The molecule has 1 atom stereocenters. The fourth-order valence-corrected chi connectivity index (χ4v) is 3.48. The second-order valence-electron chi connectivity index (χ2n) is 7.18. The van der Waals surface area contributed by atoms with Crippen molar-refractivity contribution in [1.82, 2.24) is 9.97 Å². The average Bonchev–Trinajstić information content (AvgIpc) is 2.67. The molecule has 1 N–H and O–H groups in total. The summed E-state index contributed by atoms with van der Waals surface area (Å²) in [6.45, 7) is 2.05. The molecule has 5 nitrogen and oxygen atoms in total. The minimum Gasteiger partial charge on any atom is -0.378 e. The highest BCUT2D eigenvalue weighted by Gasteiger charge is 2.27. The van der Waals surface area contributed by atoms with Crippen molar-refractivity contribution in [2.24, 2.45) is 0 Å². The summed E-state index contributed by atoms with van der Waals surface area (Å²) >= 11 is 0. The lowest BCUT2D eigenvalue weighted by molar-refractivity contribution is -0.116. The van der Waals surface area contributed by atoms with Crippen molar-refractivity contribution in [1.29, 1.82) is 0 Å². The predicted molar refractivity (Wildman–Crippen MR) is 108 cm³/mol. The van der Waals surface area contributed by atoms with Crippen LogP contribution in [-0.2, 0) is 4.79 Å². The molecule has 1 amide bonds. The number of aryl methyl sites for hydroxylation is 1. The van der Waals surface area contributed by atoms with Crippen LogP contribution < -0.4 is 10.2 Å². The van der Waals surface area contributed by atoms with Gasteiger partial charge in [0.25, 0.3) is 0 Å². The van der Waals surface area contributed by atoms with Gasteiger partial charge in [-0.25, -0.2) is 9.97 Å². The smallest absolute Gasteiger partial charge is 0.225 e. The predicted octanol–water partition coefficient (Wildman–Crippen LogP) is 3.99. The van der Waals surface area contributed by atoms with Crippen LogP contribution in [0.5, 0.6) is 0 Å². The minimum absolute atomic E-state index is 0.0196. The molecule has 5 heteroatoms. The van der Waals surface area contributed by atoms with Gasteiger partial charge < -0.3 is 10.2 Å². The number of nitrogens with one attached hydrogen (secondary N) is 1. The number of rotatable bonds is 3. The van der Waals surface area contributed by atoms with Crippen molar-refractivity contribution in [2.75, 3.05) is 24.3 Å². The molecule has 3 aromatic rings. The molecule has 0 radical (unpaired) electrons. The number of nitrogens with zero attached hydrogens (tertiary/aromatic N) is 3. The Morgan fingerprint density at radius 2 is 1.85 bits per heavy atom. The molecule has 0 aliphatic carbocycles. The van der Waals surface area contributed by atoms with E-state index in [-0.39, 0.29) is 11.8 Å². The molecular formula is C22H22N4O. The highest BCUT2D eigenvalue weighted by atomic mass is 16.1. The van der Waals surface area contributed by atoms with Gasteiger partial charge in [0.15, 0.2) is 5.82 Å². The van der Waals surface area contributed by atoms with Gasteiger partial charge in [0.05, 0.1) is 0 Å². The normalized spacial score (nSPS) is 15.8. The van der Waals surface area contributed by atoms with Gasteiger partial charge in [-0.05, 0) is 36.2 Å². The summed E-state index contributed by atoms with van der Waals surface area (Å²) < 4.78 is 0. The number of aromatic nitrogens is 2. The van der Waals surface area contributed by atoms with Crippen LogP contribution in [-0.4, -0.2) is 30.0 Å². The largest absolute Gasteiger partial charge is 0.378 e. The molecule has 2 aromatic carbocycles. The first-order valence-corrected chi connectivity index (χ1v) is 9.01. The lowest BCUT2D eigenvalue weighted by Gasteiger charge is -2.27. The van der Waals surface area contributed by atoms with Crippen molar-refractivity contribution in [3.63, 3.8) is 0 Å². The molecule has 1 unspecified atom stereocenters. The SMILES string of the molecule is Cc1cccc(-c2ncc(C3CC(=O)Nc4cc(N(C)C)ccc43)cn2)c1. The van der Waals surface area contributed by atoms with Crippen LogP contribution >= 0.6 is 0 Å². The molecule has 2 heterocycles. The summed E-state index contributed by atoms with van der Waals surface area (Å²) in [6, 6.07) is 14.3. The molecule has 0 spiro atoms. The van der Waals surface area contributed by atoms with Gasteiger partial charge in [0, 0.05) is 55.8 Å². The van der Waals surface area contributed by atoms with Crippen LogP contribution in [0.25, 0.3) is 11.4 Å². The van der Waals surface area contributed by atoms with E-state index in [2.05, 4.69) is 46.5 Å². The topological polar surface area (TPSA) is 58.1 Å². The van der Waals surface area contributed by atoms with Crippen LogP contribution in [0.15, 0.2) is 54.9 Å². The van der Waals surface area contributed by atoms with Crippen LogP contribution in [0.4, 0.5) is 11.4 Å². The zero-order valence-electron chi connectivity index (χ0n) is 15.7. The Balaban J connectivity index is 1.69. The van der Waals surface area contributed by atoms with Crippen molar-refractivity contribution < 1.29 is 4.79 Å². The third-order valence-corrected chi connectivity index (χ3v) is 4.94. The van der Waals surface area contributed by atoms with Gasteiger partial charge in [-0.1, -0.05) is 29.8 Å². The van der Waals surface area contributed by atoms with Gasteiger partial charge in [-0.3, -0.25) is 4.79 Å². The van der Waals surface area contributed by atoms with E-state index in [1.165, 1.54) is 5.56 Å². The fraction of sp³-hybridized carbons (Fsp3) is 0.227. The van der Waals surface area contributed by atoms with Crippen LogP contribution in [0, 0.1) is 6.92 Å². The van der Waals surface area contributed by atoms with E-state index in [1.54, 1.807) is 0 Å². The third kappa shape index (κ3) is 3.40. The van der Waals surface area contributed by atoms with Gasteiger partial charge in [-0.2, -0.15) is 0 Å². The second kappa shape index (κ2) is 6.83. The third-order valence-electron chi connectivity index (χ3n) is 4.94. The van der Waals surface area contributed by atoms with E-state index in [0.29, 0.717) is 12.2 Å². The van der Waals surface area contributed by atoms with E-state index in [4.69, 9.17) is 0 Å². The Bertz CT molecular complexity index is 995. The van der Waals surface area contributed by atoms with E-state index in [9.17, 15) is 4.79 Å². The number of anilines is 2. The molecule has 1 aliphatic rings. The van der Waals surface area contributed by atoms with Crippen LogP contribution in [0.2, 0.25) is 0 Å². The summed E-state index contributed by atoms with van der Waals surface area (Å²) in [7, 11) is 3.98. The van der Waals surface area contributed by atoms with Gasteiger partial charge >= 0.3 is 0 Å². The molecule has 0 saturated carbocycles. The second-order valence-corrected chi connectivity index (χ2v) is 7.18. The fourth-order valence-electron chi connectivity index (χ4n) is 3.48. The molecule has 0 saturated heterocycles. The van der Waals surface area contributed by atoms with E-state index < -0.39 is 0 Å². The van der Waals surface area contributed by atoms with E-state index in [0.717, 1.165) is 28.1 Å². The molecule has 1 aliphatic heterocycles. The first kappa shape index (κ1) is 17.2. The monoisotopic (exact) mass is 358 g/mol. The van der Waals surface area contributed by atoms with Crippen LogP contribution in [0.1, 0.15) is 29.0 Å². The molecular weight excluding hydrogens is 336 g/mol. The Hall–Kier alpha value is -3.21. The maximum Gasteiger partial charge on any atom is 0.225 e. The molecule has 0 fully saturated rings. The molecule has 1 aromatic heterocycles. The molecule has 136 valence electrons. The minimum atomic E-state index is -0.0310. The lowest BCUT2D eigenvalue weighted by Crippen LogP contribution is -2.24. The van der Waals surface area contributed by atoms with Crippen molar-refractivity contribution in [3.8, 4) is 11.4 Å². The number of carbonyl (C=O) groups is 1. The van der Waals surface area contributed by atoms with Crippen molar-refractivity contribution >= 4 is 17.3 Å². The summed E-state index contributed by atoms with van der Waals surface area (Å²) in [5, 5.41) is 2.99. The zero-order chi connectivity index (χ0) is 19.0. The summed E-state index contributed by atoms with van der Waals surface area (Å²) in [5.74, 6) is 0.688. The number of fused-ring (bicyclic) bond motifs is 1. The maximum absolute atomic E-state index is 12.3. The number of carbonyl (C=O) groups excluding carboxylic acids is 1. The maximum atomic E-state index is 12.3. The quantitative estimate of drug-likeness (QED) is 0.769. The van der Waals surface area contributed by atoms with Gasteiger partial charge in [-0.15, -0.1) is 0 Å². The van der Waals surface area contributed by atoms with Crippen molar-refractivity contribution in [3.05, 3.63) is 71.5 Å². The Morgan fingerprint density at radius 3 is 2.56 bits per heavy atom. The molecule has 4 rings (SSSR count). The summed E-state index contributed by atoms with van der Waals surface area (Å²) in [4.78, 5) is 23.4. The number of hydrogen-bond donors (Lipinski definition) is 1. The Labute approximate surface area is 159 Å².